The third-order valence-corrected chi connectivity index (χ3v) is 27.1. The first-order valence-electron chi connectivity index (χ1n) is 44.7. The fourth-order valence-electron chi connectivity index (χ4n) is 20.1. The van der Waals surface area contributed by atoms with E-state index in [0.29, 0.717) is 153 Å². The summed E-state index contributed by atoms with van der Waals surface area (Å²) >= 11 is 0. The van der Waals surface area contributed by atoms with Crippen molar-refractivity contribution in [2.75, 3.05) is 74.5 Å². The molecular weight excluding hydrogens is 1660 g/mol. The van der Waals surface area contributed by atoms with Crippen LogP contribution in [0.2, 0.25) is 0 Å². The number of nitrogens with one attached hydrogen (secondary N) is 6. The van der Waals surface area contributed by atoms with Crippen LogP contribution in [0.25, 0.3) is 67.0 Å². The van der Waals surface area contributed by atoms with E-state index in [1.54, 1.807) is 53.7 Å². The number of H-pyrrole nitrogens is 2. The van der Waals surface area contributed by atoms with E-state index < -0.39 is 66.4 Å². The van der Waals surface area contributed by atoms with E-state index in [9.17, 15) is 38.4 Å². The molecule has 8 aromatic rings. The van der Waals surface area contributed by atoms with Gasteiger partial charge in [-0.25, -0.2) is 33.9 Å². The highest BCUT2D eigenvalue weighted by Gasteiger charge is 2.49. The first kappa shape index (κ1) is 90.0. The minimum absolute atomic E-state index is 0.0104. The van der Waals surface area contributed by atoms with Crippen LogP contribution in [0.15, 0.2) is 132 Å². The van der Waals surface area contributed by atoms with Crippen molar-refractivity contribution in [3.63, 3.8) is 0 Å². The van der Waals surface area contributed by atoms with Crippen molar-refractivity contribution < 1.29 is 89.4 Å². The molecule has 9 heterocycles. The third kappa shape index (κ3) is 18.4. The van der Waals surface area contributed by atoms with Gasteiger partial charge in [-0.05, 0) is 205 Å². The first-order valence-corrected chi connectivity index (χ1v) is 44.7. The Morgan fingerprint density at radius 3 is 1.19 bits per heavy atom. The average Bonchev–Trinajstić information content (AvgIpc) is 1.57. The number of benzene rings is 6. The number of carbonyl (C=O) groups excluding carboxylic acids is 7. The lowest BCUT2D eigenvalue weighted by molar-refractivity contribution is -0.142. The number of imidazole rings is 2. The Balaban J connectivity index is 0.000000166. The number of carbonyl (C=O) groups is 8. The van der Waals surface area contributed by atoms with E-state index in [2.05, 4.69) is 45.9 Å². The monoisotopic (exact) mass is 1770 g/mol. The van der Waals surface area contributed by atoms with Gasteiger partial charge in [0.05, 0.1) is 81.7 Å². The lowest BCUT2D eigenvalue weighted by Gasteiger charge is -2.34. The van der Waals surface area contributed by atoms with Gasteiger partial charge in [-0.1, -0.05) is 101 Å². The van der Waals surface area contributed by atoms with Crippen LogP contribution in [0.4, 0.5) is 48.1 Å². The summed E-state index contributed by atoms with van der Waals surface area (Å²) in [5.74, 6) is -6.50. The minimum Gasteiger partial charge on any atom is -0.480 e. The van der Waals surface area contributed by atoms with Crippen molar-refractivity contribution >= 4 is 70.9 Å². The number of alkyl halides is 4. The molecule has 129 heavy (non-hydrogen) atoms. The van der Waals surface area contributed by atoms with Gasteiger partial charge in [0.25, 0.3) is 11.8 Å². The molecule has 0 radical (unpaired) electrons. The maximum Gasteiger partial charge on any atom is 0.407 e. The van der Waals surface area contributed by atoms with Gasteiger partial charge in [-0.2, -0.15) is 17.6 Å². The van der Waals surface area contributed by atoms with Gasteiger partial charge in [0.2, 0.25) is 17.7 Å². The number of methoxy groups -OCH3 is 4. The van der Waals surface area contributed by atoms with E-state index in [0.717, 1.165) is 102 Å². The van der Waals surface area contributed by atoms with Crippen LogP contribution in [-0.2, 0) is 72.3 Å². The molecule has 3 aliphatic carbocycles. The molecule has 5 saturated heterocycles. The smallest absolute Gasteiger partial charge is 0.407 e. The number of hydrogen-bond donors (Lipinski definition) is 7. The van der Waals surface area contributed by atoms with Crippen molar-refractivity contribution in [3.8, 4) is 67.0 Å². The summed E-state index contributed by atoms with van der Waals surface area (Å²) in [4.78, 5) is 131. The Kier molecular flexibility index (Phi) is 26.6. The Morgan fingerprint density at radius 2 is 0.775 bits per heavy atom. The second-order valence-electron chi connectivity index (χ2n) is 35.5. The number of amides is 7. The van der Waals surface area contributed by atoms with E-state index in [-0.39, 0.29) is 81.8 Å². The molecule has 7 N–H and O–H groups in total. The number of aliphatic carboxylic acids is 1. The highest BCUT2D eigenvalue weighted by atomic mass is 19.3. The topological polar surface area (TPSA) is 352 Å². The van der Waals surface area contributed by atoms with Crippen molar-refractivity contribution in [3.05, 3.63) is 167 Å². The van der Waals surface area contributed by atoms with Crippen LogP contribution in [0.5, 0.6) is 0 Å². The predicted molar refractivity (Wildman–Crippen MR) is 473 cm³/mol. The molecule has 28 nitrogen and oxygen atoms in total. The molecular formula is C97H109F4N13O15. The van der Waals surface area contributed by atoms with Crippen molar-refractivity contribution in [2.45, 2.75) is 190 Å². The predicted octanol–water partition coefficient (Wildman–Crippen LogP) is 16.4. The number of aromatic amines is 2. The molecule has 680 valence electrons. The molecule has 1 unspecified atom stereocenters. The Labute approximate surface area is 744 Å². The number of hydrogen-bond acceptors (Lipinski definition) is 18. The molecule has 2 aromatic heterocycles. The van der Waals surface area contributed by atoms with Crippen LogP contribution in [0.3, 0.4) is 0 Å². The normalized spacial score (nSPS) is 20.2. The average molecular weight is 1770 g/mol. The number of alkyl carbamates (subject to hydrolysis) is 4. The highest BCUT2D eigenvalue weighted by molar-refractivity contribution is 6.03. The second kappa shape index (κ2) is 38.2. The van der Waals surface area contributed by atoms with Crippen LogP contribution in [-0.4, -0.2) is 210 Å². The zero-order valence-electron chi connectivity index (χ0n) is 73.5. The lowest BCUT2D eigenvalue weighted by Crippen LogP contribution is -2.53. The Bertz CT molecular complexity index is 5670. The molecule has 6 aromatic carbocycles. The zero-order valence-corrected chi connectivity index (χ0v) is 73.5. The number of carboxylic acid groups (broad SMARTS) is 1. The SMILES string of the molecule is COC(=O)NC(C(=O)N1CCC[C@H]1C1=Nc2ccc(-c3ccc4c(c3)C(F)(F)c3cc(-c5cnc(C6CCCC6)[nH]5)ccc3-4)cc2C1)C(C)C.COC(=O)N[C@H](C(=O)N1CCC[C@H]1C1=Nc2ccc(-c3ccc4c(c3)C(F)(F)c3cc(-c5cnc([C@@H]6CCCN6C(=O)[C@@H](NC(=O)OC)C6CCOCC6)[nH]5)ccc3-4)cc2C1)C(C)C.COC(=O)N[C@H](C(=O)O)C1CCOCC1. The first-order chi connectivity index (χ1) is 62.1. The van der Waals surface area contributed by atoms with Gasteiger partial charge in [-0.15, -0.1) is 0 Å². The van der Waals surface area contributed by atoms with E-state index in [4.69, 9.17) is 38.8 Å². The Morgan fingerprint density at radius 1 is 0.426 bits per heavy atom. The number of nitrogens with zero attached hydrogens (tertiary/aromatic N) is 7. The molecule has 32 heteroatoms. The molecule has 7 amide bonds. The van der Waals surface area contributed by atoms with E-state index in [1.807, 2.05) is 104 Å². The van der Waals surface area contributed by atoms with Gasteiger partial charge in [0.15, 0.2) is 0 Å². The fourth-order valence-corrected chi connectivity index (χ4v) is 20.1. The summed E-state index contributed by atoms with van der Waals surface area (Å²) in [7, 11) is 5.03. The zero-order chi connectivity index (χ0) is 90.9. The van der Waals surface area contributed by atoms with Gasteiger partial charge in [0.1, 0.15) is 35.8 Å². The number of carboxylic acids is 1. The fraction of sp³-hybridized carbons (Fsp3) is 0.464. The summed E-state index contributed by atoms with van der Waals surface area (Å²) in [6, 6.07) is 28.8. The number of fused-ring (bicyclic) bond motifs is 8. The molecule has 7 aliphatic heterocycles. The Hall–Kier alpha value is -12.3. The third-order valence-electron chi connectivity index (χ3n) is 27.1. The maximum atomic E-state index is 16.6. The minimum atomic E-state index is -3.28. The summed E-state index contributed by atoms with van der Waals surface area (Å²) < 4.78 is 95.0. The largest absolute Gasteiger partial charge is 0.480 e. The van der Waals surface area contributed by atoms with Crippen molar-refractivity contribution in [1.29, 1.82) is 0 Å². The lowest BCUT2D eigenvalue weighted by atomic mass is 9.90. The molecule has 7 atom stereocenters. The number of aliphatic imine (C=N–C) groups is 2. The summed E-state index contributed by atoms with van der Waals surface area (Å²) in [5.41, 5.74) is 12.9. The quantitative estimate of drug-likeness (QED) is 0.0275. The molecule has 6 fully saturated rings. The molecule has 18 rings (SSSR count). The number of likely N-dealkylation sites (tertiary alicyclic amines) is 3. The second-order valence-corrected chi connectivity index (χ2v) is 35.5. The maximum absolute atomic E-state index is 16.6. The molecule has 0 bridgehead atoms. The molecule has 1 saturated carbocycles. The van der Waals surface area contributed by atoms with E-state index in [1.165, 1.54) is 47.3 Å². The standard InChI is InChI=1S/C48H53F2N7O7.C40H41F2N5O3.C9H15NO5/c1-26(2)41(54-46(60)62-3)44(58)56-17-5-7-39(56)37-24-31-21-28(11-14-36(31)52-37)29-9-12-32-33-13-10-30(23-35(33)48(49,50)34(32)22-29)38-25-51-43(53-38)40-8-6-18-57(40)45(59)42(55-47(61)63-4)27-15-19-64-20-16-27;1-22(2)36(46-39(49)50-3)38(48)47-16-6-9-35(47)33-20-27-17-24(12-15-32(27)44-33)25-10-13-28-29-14-11-26(19-31(29)40(41,42)30(28)18-25)34-21-43-37(45-34)23-7-4-5-8-23;1-14-9(13)10-7(8(11)12)6-2-4-15-5-3-6/h9-14,21-23,25-27,39-42H,5-8,15-20,24H2,1-4H3,(H,51,53)(H,54,60)(H,55,61);10-15,17-19,21-23,35-36H,4-9,16,20H2,1-3H3,(H,43,45)(H,46,49);6-7H,2-5H2,1H3,(H,10,13)(H,11,12)/t39-,40-,41-,42-;35-,36?;7-/m000/s1. The van der Waals surface area contributed by atoms with Gasteiger partial charge in [-0.3, -0.25) is 24.4 Å². The molecule has 10 aliphatic rings. The summed E-state index contributed by atoms with van der Waals surface area (Å²) in [5, 5.41) is 19.4. The van der Waals surface area contributed by atoms with Crippen LogP contribution in [0.1, 0.15) is 175 Å². The molecule has 0 spiro atoms. The van der Waals surface area contributed by atoms with Crippen LogP contribution in [0, 0.1) is 23.7 Å². The van der Waals surface area contributed by atoms with Crippen LogP contribution < -0.4 is 21.3 Å². The number of halogens is 4. The summed E-state index contributed by atoms with van der Waals surface area (Å²) in [6.45, 7) is 11.3. The van der Waals surface area contributed by atoms with Crippen LogP contribution >= 0.6 is 0 Å². The number of ether oxygens (including phenoxy) is 6. The van der Waals surface area contributed by atoms with E-state index >= 15 is 17.6 Å². The number of rotatable bonds is 20. The highest BCUT2D eigenvalue weighted by Crippen LogP contribution is 2.55. The van der Waals surface area contributed by atoms with Gasteiger partial charge >= 0.3 is 30.3 Å². The summed E-state index contributed by atoms with van der Waals surface area (Å²) in [6.07, 6.45) is 13.6. The van der Waals surface area contributed by atoms with Gasteiger partial charge in [0, 0.05) is 110 Å². The number of aromatic nitrogens is 4. The van der Waals surface area contributed by atoms with Crippen molar-refractivity contribution in [2.24, 2.45) is 33.7 Å². The van der Waals surface area contributed by atoms with Crippen molar-refractivity contribution in [1.82, 2.24) is 55.9 Å². The van der Waals surface area contributed by atoms with Gasteiger partial charge < -0.3 is 79.5 Å².